The van der Waals surface area contributed by atoms with Crippen molar-refractivity contribution < 1.29 is 9.53 Å². The van der Waals surface area contributed by atoms with Crippen molar-refractivity contribution in [2.45, 2.75) is 26.4 Å². The second-order valence-corrected chi connectivity index (χ2v) is 5.53. The summed E-state index contributed by atoms with van der Waals surface area (Å²) in [5.74, 6) is 0.253. The van der Waals surface area contributed by atoms with Crippen LogP contribution in [0.5, 0.6) is 0 Å². The average Bonchev–Trinajstić information content (AvgIpc) is 2.32. The fraction of sp³-hybridized carbons (Fsp3) is 0.643. The van der Waals surface area contributed by atoms with Gasteiger partial charge in [0.2, 0.25) is 0 Å². The zero-order valence-corrected chi connectivity index (χ0v) is 10.7. The molecule has 0 radical (unpaired) electrons. The molecule has 3 heteroatoms. The first-order valence-corrected chi connectivity index (χ1v) is 6.25. The number of rotatable bonds is 2. The van der Waals surface area contributed by atoms with E-state index in [1.54, 1.807) is 6.08 Å². The number of nitrogens with one attached hydrogen (secondary N) is 1. The molecule has 0 bridgehead atoms. The third kappa shape index (κ3) is 2.67. The van der Waals surface area contributed by atoms with E-state index in [0.29, 0.717) is 0 Å². The second-order valence-electron chi connectivity index (χ2n) is 5.53. The van der Waals surface area contributed by atoms with Crippen molar-refractivity contribution in [1.82, 2.24) is 5.32 Å². The molecule has 1 heterocycles. The van der Waals surface area contributed by atoms with Gasteiger partial charge in [-0.1, -0.05) is 26.5 Å². The summed E-state index contributed by atoms with van der Waals surface area (Å²) in [5.41, 5.74) is 0.720. The van der Waals surface area contributed by atoms with Crippen molar-refractivity contribution in [1.29, 1.82) is 0 Å². The van der Waals surface area contributed by atoms with Crippen LogP contribution in [0.3, 0.4) is 0 Å². The molecule has 94 valence electrons. The van der Waals surface area contributed by atoms with Crippen molar-refractivity contribution in [3.8, 4) is 0 Å². The van der Waals surface area contributed by atoms with E-state index in [1.807, 2.05) is 6.08 Å². The summed E-state index contributed by atoms with van der Waals surface area (Å²) in [5, 5.41) is 3.32. The largest absolute Gasteiger partial charge is 0.376 e. The molecule has 1 saturated heterocycles. The third-order valence-electron chi connectivity index (χ3n) is 3.80. The van der Waals surface area contributed by atoms with E-state index in [-0.39, 0.29) is 23.2 Å². The lowest BCUT2D eigenvalue weighted by atomic mass is 9.68. The lowest BCUT2D eigenvalue weighted by molar-refractivity contribution is -0.112. The summed E-state index contributed by atoms with van der Waals surface area (Å²) < 4.78 is 5.72. The molecular formula is C14H21NO2. The van der Waals surface area contributed by atoms with E-state index in [1.165, 1.54) is 0 Å². The molecule has 0 aromatic heterocycles. The highest BCUT2D eigenvalue weighted by Gasteiger charge is 2.36. The van der Waals surface area contributed by atoms with Crippen LogP contribution >= 0.6 is 0 Å². The minimum Gasteiger partial charge on any atom is -0.376 e. The van der Waals surface area contributed by atoms with Gasteiger partial charge in [-0.2, -0.15) is 0 Å². The van der Waals surface area contributed by atoms with Crippen LogP contribution in [-0.4, -0.2) is 31.6 Å². The topological polar surface area (TPSA) is 38.3 Å². The SMILES string of the molecule is C=C1C(=O)C=CC(C)(C)C1CC1CNCCO1. The molecule has 1 fully saturated rings. The van der Waals surface area contributed by atoms with Gasteiger partial charge in [0.25, 0.3) is 0 Å². The summed E-state index contributed by atoms with van der Waals surface area (Å²) in [4.78, 5) is 11.7. The molecule has 2 atom stereocenters. The van der Waals surface area contributed by atoms with E-state index in [2.05, 4.69) is 25.7 Å². The average molecular weight is 235 g/mol. The van der Waals surface area contributed by atoms with Crippen molar-refractivity contribution in [3.63, 3.8) is 0 Å². The van der Waals surface area contributed by atoms with Gasteiger partial charge in [0.05, 0.1) is 12.7 Å². The molecule has 2 unspecified atom stereocenters. The first-order chi connectivity index (χ1) is 8.00. The highest BCUT2D eigenvalue weighted by Crippen LogP contribution is 2.40. The van der Waals surface area contributed by atoms with Crippen LogP contribution in [0.2, 0.25) is 0 Å². The highest BCUT2D eigenvalue weighted by atomic mass is 16.5. The van der Waals surface area contributed by atoms with Crippen LogP contribution < -0.4 is 5.32 Å². The minimum atomic E-state index is -0.00813. The van der Waals surface area contributed by atoms with Gasteiger partial charge < -0.3 is 10.1 Å². The van der Waals surface area contributed by atoms with Gasteiger partial charge >= 0.3 is 0 Å². The van der Waals surface area contributed by atoms with Gasteiger partial charge in [-0.25, -0.2) is 0 Å². The maximum Gasteiger partial charge on any atom is 0.181 e. The molecule has 1 aliphatic heterocycles. The molecule has 17 heavy (non-hydrogen) atoms. The molecule has 2 rings (SSSR count). The Kier molecular flexibility index (Phi) is 3.50. The van der Waals surface area contributed by atoms with Gasteiger partial charge in [0, 0.05) is 13.1 Å². The highest BCUT2D eigenvalue weighted by molar-refractivity contribution is 6.05. The second kappa shape index (κ2) is 4.75. The third-order valence-corrected chi connectivity index (χ3v) is 3.80. The Morgan fingerprint density at radius 2 is 2.35 bits per heavy atom. The summed E-state index contributed by atoms with van der Waals surface area (Å²) in [7, 11) is 0. The monoisotopic (exact) mass is 235 g/mol. The van der Waals surface area contributed by atoms with Crippen LogP contribution in [0.25, 0.3) is 0 Å². The van der Waals surface area contributed by atoms with Gasteiger partial charge in [-0.05, 0) is 29.4 Å². The molecule has 1 aliphatic carbocycles. The predicted molar refractivity (Wildman–Crippen MR) is 67.8 cm³/mol. The first-order valence-electron chi connectivity index (χ1n) is 6.25. The van der Waals surface area contributed by atoms with Gasteiger partial charge in [-0.15, -0.1) is 0 Å². The minimum absolute atomic E-state index is 0.00813. The van der Waals surface area contributed by atoms with Crippen LogP contribution in [0, 0.1) is 11.3 Å². The molecule has 0 amide bonds. The summed E-state index contributed by atoms with van der Waals surface area (Å²) >= 11 is 0. The Morgan fingerprint density at radius 3 is 3.00 bits per heavy atom. The number of carbonyl (C=O) groups excluding carboxylic acids is 1. The Labute approximate surface area is 103 Å². The van der Waals surface area contributed by atoms with E-state index in [9.17, 15) is 4.79 Å². The van der Waals surface area contributed by atoms with Crippen molar-refractivity contribution in [2.75, 3.05) is 19.7 Å². The Balaban J connectivity index is 2.09. The van der Waals surface area contributed by atoms with Gasteiger partial charge in [0.15, 0.2) is 5.78 Å². The molecule has 0 aromatic rings. The number of ketones is 1. The summed E-state index contributed by atoms with van der Waals surface area (Å²) in [6, 6.07) is 0. The number of morpholine rings is 1. The van der Waals surface area contributed by atoms with E-state index in [0.717, 1.165) is 31.7 Å². The molecule has 0 saturated carbocycles. The van der Waals surface area contributed by atoms with Gasteiger partial charge in [0.1, 0.15) is 0 Å². The fourth-order valence-electron chi connectivity index (χ4n) is 2.61. The quantitative estimate of drug-likeness (QED) is 0.740. The van der Waals surface area contributed by atoms with Gasteiger partial charge in [-0.3, -0.25) is 4.79 Å². The first kappa shape index (κ1) is 12.5. The Morgan fingerprint density at radius 1 is 1.59 bits per heavy atom. The molecule has 2 aliphatic rings. The maximum atomic E-state index is 11.7. The molecule has 0 spiro atoms. The standard InChI is InChI=1S/C14H21NO2/c1-10-12(8-11-9-15-6-7-17-11)14(2,3)5-4-13(10)16/h4-5,11-12,15H,1,6-9H2,2-3H3. The number of hydrogen-bond acceptors (Lipinski definition) is 3. The lowest BCUT2D eigenvalue weighted by Gasteiger charge is -2.38. The molecular weight excluding hydrogens is 214 g/mol. The Bertz CT molecular complexity index is 351. The van der Waals surface area contributed by atoms with E-state index in [4.69, 9.17) is 4.74 Å². The lowest BCUT2D eigenvalue weighted by Crippen LogP contribution is -2.42. The smallest absolute Gasteiger partial charge is 0.181 e. The number of carbonyl (C=O) groups is 1. The van der Waals surface area contributed by atoms with Crippen LogP contribution in [-0.2, 0) is 9.53 Å². The zero-order valence-electron chi connectivity index (χ0n) is 10.7. The van der Waals surface area contributed by atoms with Crippen molar-refractivity contribution in [2.24, 2.45) is 11.3 Å². The number of ether oxygens (including phenoxy) is 1. The predicted octanol–water partition coefficient (Wildman–Crippen LogP) is 1.70. The zero-order chi connectivity index (χ0) is 12.5. The number of allylic oxidation sites excluding steroid dienone is 3. The van der Waals surface area contributed by atoms with E-state index >= 15 is 0 Å². The van der Waals surface area contributed by atoms with Crippen molar-refractivity contribution in [3.05, 3.63) is 24.3 Å². The molecule has 0 aromatic carbocycles. The van der Waals surface area contributed by atoms with Crippen molar-refractivity contribution >= 4 is 5.78 Å². The maximum absolute atomic E-state index is 11.7. The van der Waals surface area contributed by atoms with Crippen LogP contribution in [0.1, 0.15) is 20.3 Å². The molecule has 3 nitrogen and oxygen atoms in total. The number of hydrogen-bond donors (Lipinski definition) is 1. The summed E-state index contributed by atoms with van der Waals surface area (Å²) in [6.07, 6.45) is 4.72. The van der Waals surface area contributed by atoms with Crippen LogP contribution in [0.15, 0.2) is 24.3 Å². The normalized spacial score (nSPS) is 32.8. The van der Waals surface area contributed by atoms with Crippen LogP contribution in [0.4, 0.5) is 0 Å². The molecule has 1 N–H and O–H groups in total. The van der Waals surface area contributed by atoms with E-state index < -0.39 is 0 Å². The summed E-state index contributed by atoms with van der Waals surface area (Å²) in [6.45, 7) is 10.8. The fourth-order valence-corrected chi connectivity index (χ4v) is 2.61. The Hall–Kier alpha value is -0.930.